The van der Waals surface area contributed by atoms with Crippen molar-refractivity contribution in [3.05, 3.63) is 29.8 Å². The number of phenolic OH excluding ortho intramolecular Hbond substituents is 1. The van der Waals surface area contributed by atoms with Crippen LogP contribution in [-0.4, -0.2) is 135 Å². The third-order valence-corrected chi connectivity index (χ3v) is 11.2. The first-order valence-electron chi connectivity index (χ1n) is 22.1. The fourth-order valence-electron chi connectivity index (χ4n) is 7.58. The first-order chi connectivity index (χ1) is 30.8. The molecule has 368 valence electrons. The molecule has 1 aliphatic rings. The number of nitrogens with two attached hydrogens (primary N) is 4. The summed E-state index contributed by atoms with van der Waals surface area (Å²) >= 11 is 0. The van der Waals surface area contributed by atoms with Crippen molar-refractivity contribution < 1.29 is 58.5 Å². The number of carboxylic acid groups (broad SMARTS) is 1. The fourth-order valence-corrected chi connectivity index (χ4v) is 7.58. The van der Waals surface area contributed by atoms with E-state index in [0.717, 1.165) is 4.90 Å². The van der Waals surface area contributed by atoms with E-state index in [9.17, 15) is 58.5 Å². The molecule has 0 bridgehead atoms. The molecule has 66 heavy (non-hydrogen) atoms. The number of rotatable bonds is 29. The normalized spacial score (nSPS) is 17.3. The van der Waals surface area contributed by atoms with Crippen molar-refractivity contribution in [1.82, 2.24) is 26.2 Å². The number of nitrogens with one attached hydrogen (secondary N) is 4. The van der Waals surface area contributed by atoms with Crippen LogP contribution in [0.25, 0.3) is 0 Å². The summed E-state index contributed by atoms with van der Waals surface area (Å²) in [7, 11) is 0. The second-order valence-electron chi connectivity index (χ2n) is 17.8. The molecule has 1 aliphatic heterocycles. The van der Waals surface area contributed by atoms with E-state index in [1.165, 1.54) is 26.0 Å². The van der Waals surface area contributed by atoms with Crippen molar-refractivity contribution in [3.8, 4) is 5.75 Å². The molecule has 22 heteroatoms. The van der Waals surface area contributed by atoms with Gasteiger partial charge in [0.25, 0.3) is 0 Å². The van der Waals surface area contributed by atoms with Crippen LogP contribution in [0.4, 0.5) is 0 Å². The van der Waals surface area contributed by atoms with Gasteiger partial charge in [0, 0.05) is 57.0 Å². The Bertz CT molecular complexity index is 1900. The number of hydrogen-bond acceptors (Lipinski definition) is 13. The van der Waals surface area contributed by atoms with Gasteiger partial charge in [-0.2, -0.15) is 0 Å². The van der Waals surface area contributed by atoms with Gasteiger partial charge in [0.2, 0.25) is 35.4 Å². The van der Waals surface area contributed by atoms with Gasteiger partial charge < -0.3 is 64.4 Å². The first kappa shape index (κ1) is 56.0. The third-order valence-electron chi connectivity index (χ3n) is 11.2. The maximum absolute atomic E-state index is 14.1. The van der Waals surface area contributed by atoms with Gasteiger partial charge in [0.05, 0.1) is 24.2 Å². The summed E-state index contributed by atoms with van der Waals surface area (Å²) in [6, 6.07) is -0.990. The molecule has 0 aromatic heterocycles. The Morgan fingerprint density at radius 3 is 1.98 bits per heavy atom. The van der Waals surface area contributed by atoms with E-state index < -0.39 is 132 Å². The molecule has 22 nitrogen and oxygen atoms in total. The zero-order valence-corrected chi connectivity index (χ0v) is 38.7. The molecule has 1 heterocycles. The molecule has 15 N–H and O–H groups in total. The average Bonchev–Trinajstić information content (AvgIpc) is 3.57. The highest BCUT2D eigenvalue weighted by molar-refractivity contribution is 5.97. The van der Waals surface area contributed by atoms with E-state index in [0.29, 0.717) is 12.0 Å². The number of Topliss-reactive ketones (excluding diaryl/α,β-unsaturated/α-hetero) is 2. The average molecular weight is 931 g/mol. The van der Waals surface area contributed by atoms with Crippen LogP contribution in [0.5, 0.6) is 5.75 Å². The highest BCUT2D eigenvalue weighted by Crippen LogP contribution is 2.25. The van der Waals surface area contributed by atoms with Crippen molar-refractivity contribution in [2.75, 3.05) is 13.1 Å². The number of guanidine groups is 1. The Morgan fingerprint density at radius 1 is 0.818 bits per heavy atom. The summed E-state index contributed by atoms with van der Waals surface area (Å²) in [5.74, 6) is -9.47. The molecular weight excluding hydrogens is 861 g/mol. The van der Waals surface area contributed by atoms with Gasteiger partial charge in [-0.05, 0) is 69.1 Å². The fraction of sp³-hybridized carbons (Fsp3) is 0.636. The molecule has 6 amide bonds. The van der Waals surface area contributed by atoms with E-state index in [4.69, 9.17) is 22.9 Å². The number of aliphatic hydroxyl groups is 1. The molecule has 2 rings (SSSR count). The largest absolute Gasteiger partial charge is 0.508 e. The number of aromatic hydroxyl groups is 1. The molecule has 0 saturated carbocycles. The monoisotopic (exact) mass is 931 g/mol. The number of carboxylic acids is 1. The maximum atomic E-state index is 14.1. The van der Waals surface area contributed by atoms with Crippen molar-refractivity contribution in [1.29, 1.82) is 0 Å². The second-order valence-corrected chi connectivity index (χ2v) is 17.8. The van der Waals surface area contributed by atoms with Crippen molar-refractivity contribution in [2.24, 2.45) is 51.6 Å². The van der Waals surface area contributed by atoms with E-state index >= 15 is 0 Å². The number of phenols is 1. The molecule has 1 saturated heterocycles. The SMILES string of the molecule is CC(C)C[C@@H](CC(=O)[C@@H](CCC(=O)O)NC(=O)[C@H](CC(=O)[C@@H]([C@@H](C)O)N1C[C@@H](NC(=O)[C@@H](Cc2ccc(O)cc2)NC(=O)[C@H](N)CCCN=C(N)N)CC1=O)C(C)C)C(=O)N[C@H](C)C(N)=O. The Balaban J connectivity index is 2.27. The number of aliphatic hydroxyl groups excluding tert-OH is 1. The van der Waals surface area contributed by atoms with Crippen LogP contribution in [0, 0.1) is 23.7 Å². The van der Waals surface area contributed by atoms with Crippen LogP contribution >= 0.6 is 0 Å². The van der Waals surface area contributed by atoms with Crippen molar-refractivity contribution in [3.63, 3.8) is 0 Å². The quantitative estimate of drug-likeness (QED) is 0.0246. The van der Waals surface area contributed by atoms with Crippen LogP contribution in [0.2, 0.25) is 0 Å². The highest BCUT2D eigenvalue weighted by Gasteiger charge is 2.43. The predicted octanol–water partition coefficient (Wildman–Crippen LogP) is -1.54. The van der Waals surface area contributed by atoms with Crippen LogP contribution in [0.3, 0.4) is 0 Å². The third kappa shape index (κ3) is 18.7. The van der Waals surface area contributed by atoms with Gasteiger partial charge in [-0.15, -0.1) is 0 Å². The minimum absolute atomic E-state index is 0.0168. The Hall–Kier alpha value is -6.16. The Morgan fingerprint density at radius 2 is 1.44 bits per heavy atom. The molecule has 0 spiro atoms. The van der Waals surface area contributed by atoms with Crippen molar-refractivity contribution >= 4 is 58.9 Å². The van der Waals surface area contributed by atoms with E-state index in [-0.39, 0.29) is 62.8 Å². The Kier molecular flexibility index (Phi) is 22.7. The number of aliphatic carboxylic acids is 1. The first-order valence-corrected chi connectivity index (χ1v) is 22.1. The van der Waals surface area contributed by atoms with E-state index in [2.05, 4.69) is 26.3 Å². The maximum Gasteiger partial charge on any atom is 0.303 e. The lowest BCUT2D eigenvalue weighted by molar-refractivity contribution is -0.142. The van der Waals surface area contributed by atoms with Gasteiger partial charge >= 0.3 is 5.97 Å². The zero-order chi connectivity index (χ0) is 50.0. The summed E-state index contributed by atoms with van der Waals surface area (Å²) in [4.78, 5) is 123. The smallest absolute Gasteiger partial charge is 0.303 e. The number of nitrogens with zero attached hydrogens (tertiary/aromatic N) is 2. The zero-order valence-electron chi connectivity index (χ0n) is 38.7. The highest BCUT2D eigenvalue weighted by atomic mass is 16.4. The van der Waals surface area contributed by atoms with Crippen LogP contribution in [0.15, 0.2) is 29.3 Å². The number of carbonyl (C=O) groups is 9. The summed E-state index contributed by atoms with van der Waals surface area (Å²) in [6.07, 6.45) is -2.69. The number of primary amides is 1. The summed E-state index contributed by atoms with van der Waals surface area (Å²) in [6.45, 7) is 9.62. The molecule has 1 fully saturated rings. The predicted molar refractivity (Wildman–Crippen MR) is 241 cm³/mol. The number of ketones is 2. The molecule has 0 radical (unpaired) electrons. The van der Waals surface area contributed by atoms with Crippen LogP contribution < -0.4 is 44.2 Å². The van der Waals surface area contributed by atoms with Gasteiger partial charge in [-0.1, -0.05) is 39.8 Å². The molecular formula is C44H70N10O12. The lowest BCUT2D eigenvalue weighted by Crippen LogP contribution is -2.55. The minimum Gasteiger partial charge on any atom is -0.508 e. The van der Waals surface area contributed by atoms with Gasteiger partial charge in [-0.25, -0.2) is 0 Å². The lowest BCUT2D eigenvalue weighted by Gasteiger charge is -2.31. The van der Waals surface area contributed by atoms with Gasteiger partial charge in [0.1, 0.15) is 23.9 Å². The number of benzene rings is 1. The van der Waals surface area contributed by atoms with Gasteiger partial charge in [0.15, 0.2) is 17.5 Å². The topological polar surface area (TPSA) is 382 Å². The van der Waals surface area contributed by atoms with Crippen LogP contribution in [0.1, 0.15) is 98.5 Å². The molecule has 1 aromatic carbocycles. The number of amides is 6. The Labute approximate surface area is 384 Å². The molecule has 1 aromatic rings. The number of aliphatic imine (C=N–C) groups is 1. The van der Waals surface area contributed by atoms with E-state index in [1.54, 1.807) is 26.0 Å². The van der Waals surface area contributed by atoms with Crippen LogP contribution in [-0.2, 0) is 49.6 Å². The number of carbonyl (C=O) groups excluding carboxylic acids is 8. The second kappa shape index (κ2) is 26.7. The standard InChI is InChI=1S/C44H70N10O12/c1-22(2)16-27(40(63)50-24(5)39(46)62)18-34(57)32(13-14-37(60)61)52-41(64)30(23(3)4)20-35(58)38(25(6)55)54-21-28(19-36(54)59)51-43(66)33(17-26-9-11-29(56)12-10-26)53-42(65)31(45)8-7-15-49-44(47)48/h9-12,22-25,27-28,30-33,38,55-56H,7-8,13-21,45H2,1-6H3,(H2,46,62)(H,50,63)(H,51,66)(H,52,64)(H,53,65)(H,60,61)(H4,47,48,49)/t24-,25-,27+,28+,30-,31-,32-,33-,38-/m1/s1. The number of hydrogen-bond donors (Lipinski definition) is 11. The summed E-state index contributed by atoms with van der Waals surface area (Å²) < 4.78 is 0. The number of likely N-dealkylation sites (tertiary alicyclic amines) is 1. The lowest BCUT2D eigenvalue weighted by atomic mass is 9.85. The van der Waals surface area contributed by atoms with Gasteiger partial charge in [-0.3, -0.25) is 48.1 Å². The summed E-state index contributed by atoms with van der Waals surface area (Å²) in [5, 5.41) is 40.6. The van der Waals surface area contributed by atoms with E-state index in [1.807, 2.05) is 13.8 Å². The molecule has 0 unspecified atom stereocenters. The van der Waals surface area contributed by atoms with Crippen molar-refractivity contribution in [2.45, 2.75) is 142 Å². The molecule has 9 atom stereocenters. The molecule has 0 aliphatic carbocycles. The summed E-state index contributed by atoms with van der Waals surface area (Å²) in [5.41, 5.74) is 22.7. The minimum atomic E-state index is -1.46.